The van der Waals surface area contributed by atoms with E-state index in [0.29, 0.717) is 27.9 Å². The number of para-hydroxylation sites is 2. The summed E-state index contributed by atoms with van der Waals surface area (Å²) in [6.45, 7) is 2.00. The van der Waals surface area contributed by atoms with Crippen molar-refractivity contribution in [2.24, 2.45) is 14.1 Å². The molecule has 180 valence electrons. The Morgan fingerprint density at radius 1 is 0.861 bits per heavy atom. The third-order valence-corrected chi connectivity index (χ3v) is 6.98. The maximum Gasteiger partial charge on any atom is 0.331 e. The summed E-state index contributed by atoms with van der Waals surface area (Å²) in [5, 5.41) is 24.2. The maximum absolute atomic E-state index is 13.7. The fourth-order valence-corrected chi connectivity index (χ4v) is 5.17. The van der Waals surface area contributed by atoms with Crippen molar-refractivity contribution >= 4 is 16.6 Å². The molecule has 0 spiro atoms. The Kier molecular flexibility index (Phi) is 4.63. The molecule has 8 nitrogen and oxygen atoms in total. The Hall–Kier alpha value is -4.72. The van der Waals surface area contributed by atoms with Crippen LogP contribution in [0, 0.1) is 6.92 Å². The van der Waals surface area contributed by atoms with Gasteiger partial charge in [0.1, 0.15) is 0 Å². The molecule has 1 aliphatic heterocycles. The number of hydrogen-bond donors (Lipinski definition) is 3. The fraction of sp³-hybridized carbons (Fsp3) is 0.143. The zero-order valence-corrected chi connectivity index (χ0v) is 20.0. The van der Waals surface area contributed by atoms with Gasteiger partial charge in [0.2, 0.25) is 0 Å². The summed E-state index contributed by atoms with van der Waals surface area (Å²) in [5.74, 6) is -0.476. The lowest BCUT2D eigenvalue weighted by Gasteiger charge is -2.31. The van der Waals surface area contributed by atoms with Gasteiger partial charge in [0, 0.05) is 14.1 Å². The Morgan fingerprint density at radius 2 is 1.58 bits per heavy atom. The summed E-state index contributed by atoms with van der Waals surface area (Å²) in [4.78, 5) is 26.8. The molecule has 0 saturated carbocycles. The number of hydrogen-bond acceptors (Lipinski definition) is 5. The molecule has 6 rings (SSSR count). The van der Waals surface area contributed by atoms with Gasteiger partial charge < -0.3 is 20.1 Å². The number of aryl methyl sites for hydroxylation is 2. The summed E-state index contributed by atoms with van der Waals surface area (Å²) in [7, 11) is 3.15. The number of nitrogens with one attached hydrogen (secondary N) is 1. The molecule has 1 aliphatic rings. The van der Waals surface area contributed by atoms with E-state index in [2.05, 4.69) is 5.32 Å². The summed E-state index contributed by atoms with van der Waals surface area (Å²) < 4.78 is 4.67. The number of anilines is 1. The molecule has 0 fully saturated rings. The zero-order valence-electron chi connectivity index (χ0n) is 20.0. The van der Waals surface area contributed by atoms with Crippen LogP contribution in [-0.4, -0.2) is 23.9 Å². The second kappa shape index (κ2) is 7.64. The molecule has 0 amide bonds. The lowest BCUT2D eigenvalue weighted by molar-refractivity contribution is 0.403. The fourth-order valence-electron chi connectivity index (χ4n) is 5.17. The Labute approximate surface area is 205 Å². The molecule has 0 unspecified atom stereocenters. The number of phenols is 2. The number of fused-ring (bicyclic) bond motifs is 5. The van der Waals surface area contributed by atoms with Gasteiger partial charge in [-0.1, -0.05) is 48.0 Å². The van der Waals surface area contributed by atoms with Crippen molar-refractivity contribution in [2.75, 3.05) is 5.32 Å². The van der Waals surface area contributed by atoms with E-state index >= 15 is 0 Å². The van der Waals surface area contributed by atoms with E-state index in [4.69, 9.17) is 0 Å². The Bertz CT molecular complexity index is 1810. The molecular formula is C28H24N4O4. The van der Waals surface area contributed by atoms with E-state index in [1.165, 1.54) is 23.7 Å². The molecule has 0 radical (unpaired) electrons. The van der Waals surface area contributed by atoms with Crippen LogP contribution in [0.3, 0.4) is 0 Å². The second-order valence-electron chi connectivity index (χ2n) is 9.21. The molecular weight excluding hydrogens is 456 g/mol. The average Bonchev–Trinajstić information content (AvgIpc) is 3.24. The van der Waals surface area contributed by atoms with Crippen LogP contribution in [0.5, 0.6) is 11.5 Å². The van der Waals surface area contributed by atoms with E-state index in [0.717, 1.165) is 27.1 Å². The number of phenolic OH excluding ortho intramolecular Hbond substituents is 2. The number of nitrogens with zero attached hydrogens (tertiary/aromatic N) is 3. The number of aromatic nitrogens is 3. The summed E-state index contributed by atoms with van der Waals surface area (Å²) in [6.07, 6.45) is 0. The van der Waals surface area contributed by atoms with Gasteiger partial charge in [-0.3, -0.25) is 13.9 Å². The zero-order chi connectivity index (χ0) is 25.3. The van der Waals surface area contributed by atoms with Crippen LogP contribution < -0.4 is 16.6 Å². The average molecular weight is 481 g/mol. The first-order chi connectivity index (χ1) is 17.3. The predicted molar refractivity (Wildman–Crippen MR) is 139 cm³/mol. The van der Waals surface area contributed by atoms with E-state index < -0.39 is 11.7 Å². The molecule has 3 N–H and O–H groups in total. The minimum Gasteiger partial charge on any atom is -0.504 e. The monoisotopic (exact) mass is 480 g/mol. The Balaban J connectivity index is 1.85. The smallest absolute Gasteiger partial charge is 0.331 e. The van der Waals surface area contributed by atoms with E-state index in [1.807, 2.05) is 60.0 Å². The van der Waals surface area contributed by atoms with Crippen LogP contribution in [0.15, 0.2) is 76.3 Å². The third kappa shape index (κ3) is 2.94. The normalized spacial score (nSPS) is 14.4. The summed E-state index contributed by atoms with van der Waals surface area (Å²) in [6, 6.07) is 19.8. The third-order valence-electron chi connectivity index (χ3n) is 6.98. The molecule has 0 bridgehead atoms. The Morgan fingerprint density at radius 3 is 2.31 bits per heavy atom. The van der Waals surface area contributed by atoms with Crippen molar-refractivity contribution in [3.05, 3.63) is 104 Å². The minimum absolute atomic E-state index is 0.225. The van der Waals surface area contributed by atoms with Gasteiger partial charge in [-0.05, 0) is 42.3 Å². The van der Waals surface area contributed by atoms with Crippen LogP contribution in [-0.2, 0) is 14.1 Å². The molecule has 36 heavy (non-hydrogen) atoms. The van der Waals surface area contributed by atoms with Crippen LogP contribution in [0.2, 0.25) is 0 Å². The van der Waals surface area contributed by atoms with E-state index in [-0.39, 0.29) is 17.1 Å². The van der Waals surface area contributed by atoms with Crippen LogP contribution in [0.25, 0.3) is 27.8 Å². The highest BCUT2D eigenvalue weighted by atomic mass is 16.3. The van der Waals surface area contributed by atoms with E-state index in [9.17, 15) is 19.8 Å². The highest BCUT2D eigenvalue weighted by Crippen LogP contribution is 2.46. The van der Waals surface area contributed by atoms with Crippen molar-refractivity contribution in [1.29, 1.82) is 0 Å². The van der Waals surface area contributed by atoms with Gasteiger partial charge in [0.15, 0.2) is 11.5 Å². The standard InChI is InChI=1S/C28H24N4O4/c1-15-8-10-16(11-9-15)24-22-25(30(2)28(36)31(3)27(22)35)26-23(17-12-13-20(33)21(34)14-17)29-18-6-4-5-7-19(18)32(24)26/h4-14,23,29,33-34H,1-3H3/t23-/m1/s1. The molecule has 3 aromatic carbocycles. The minimum atomic E-state index is -0.522. The number of rotatable bonds is 2. The van der Waals surface area contributed by atoms with Gasteiger partial charge in [-0.2, -0.15) is 0 Å². The van der Waals surface area contributed by atoms with Gasteiger partial charge >= 0.3 is 5.69 Å². The largest absolute Gasteiger partial charge is 0.504 e. The first-order valence-electron chi connectivity index (χ1n) is 11.6. The first-order valence-corrected chi connectivity index (χ1v) is 11.6. The predicted octanol–water partition coefficient (Wildman–Crippen LogP) is 3.93. The van der Waals surface area contributed by atoms with Crippen LogP contribution >= 0.6 is 0 Å². The van der Waals surface area contributed by atoms with Crippen molar-refractivity contribution in [3.8, 4) is 28.4 Å². The van der Waals surface area contributed by atoms with Gasteiger partial charge in [0.25, 0.3) is 5.56 Å². The number of aromatic hydroxyl groups is 2. The maximum atomic E-state index is 13.7. The molecule has 0 saturated heterocycles. The van der Waals surface area contributed by atoms with E-state index in [1.54, 1.807) is 13.1 Å². The van der Waals surface area contributed by atoms with Gasteiger partial charge in [-0.25, -0.2) is 4.79 Å². The molecule has 2 aromatic heterocycles. The lowest BCUT2D eigenvalue weighted by atomic mass is 9.99. The van der Waals surface area contributed by atoms with Crippen molar-refractivity contribution in [1.82, 2.24) is 13.7 Å². The lowest BCUT2D eigenvalue weighted by Crippen LogP contribution is -2.37. The first kappa shape index (κ1) is 21.8. The van der Waals surface area contributed by atoms with Crippen molar-refractivity contribution in [3.63, 3.8) is 0 Å². The second-order valence-corrected chi connectivity index (χ2v) is 9.21. The molecule has 1 atom stereocenters. The molecule has 8 heteroatoms. The van der Waals surface area contributed by atoms with Crippen LogP contribution in [0.1, 0.15) is 22.9 Å². The highest BCUT2D eigenvalue weighted by molar-refractivity contribution is 5.99. The SMILES string of the molecule is Cc1ccc(-c2c3c(=O)n(C)c(=O)n(C)c3c3n2-c2ccccc2N[C@@H]3c2ccc(O)c(O)c2)cc1. The van der Waals surface area contributed by atoms with Crippen LogP contribution in [0.4, 0.5) is 5.69 Å². The van der Waals surface area contributed by atoms with Gasteiger partial charge in [0.05, 0.1) is 39.7 Å². The van der Waals surface area contributed by atoms with Crippen molar-refractivity contribution in [2.45, 2.75) is 13.0 Å². The highest BCUT2D eigenvalue weighted by Gasteiger charge is 2.34. The quantitative estimate of drug-likeness (QED) is 0.333. The van der Waals surface area contributed by atoms with Crippen molar-refractivity contribution < 1.29 is 10.2 Å². The summed E-state index contributed by atoms with van der Waals surface area (Å²) in [5.41, 5.74) is 5.37. The van der Waals surface area contributed by atoms with Gasteiger partial charge in [-0.15, -0.1) is 0 Å². The molecule has 5 aromatic rings. The molecule has 3 heterocycles. The summed E-state index contributed by atoms with van der Waals surface area (Å²) >= 11 is 0. The number of benzene rings is 3. The topological polar surface area (TPSA) is 101 Å². The molecule has 0 aliphatic carbocycles.